The van der Waals surface area contributed by atoms with Gasteiger partial charge in [-0.25, -0.2) is 0 Å². The average Bonchev–Trinajstić information content (AvgIpc) is 2.70. The minimum absolute atomic E-state index is 0.193. The summed E-state index contributed by atoms with van der Waals surface area (Å²) in [6, 6.07) is 1.77. The molecule has 0 saturated heterocycles. The van der Waals surface area contributed by atoms with Gasteiger partial charge in [-0.2, -0.15) is 0 Å². The lowest BCUT2D eigenvalue weighted by Crippen LogP contribution is -2.46. The van der Waals surface area contributed by atoms with Gasteiger partial charge in [-0.3, -0.25) is 4.79 Å². The van der Waals surface area contributed by atoms with E-state index in [4.69, 9.17) is 22.5 Å². The summed E-state index contributed by atoms with van der Waals surface area (Å²) in [5.74, 6) is 0.416. The highest BCUT2D eigenvalue weighted by Crippen LogP contribution is 2.21. The third-order valence-corrected chi connectivity index (χ3v) is 3.30. The standard InChI is InChI=1S/C11H17N3O2S/c1-4-11(3,9(12)17)10(15)13-6-8-5-7(2)14-16-8/h5H,4,6H2,1-3H3,(H2,12,17)(H,13,15). The van der Waals surface area contributed by atoms with Crippen LogP contribution in [0.4, 0.5) is 0 Å². The minimum atomic E-state index is -0.815. The zero-order valence-electron chi connectivity index (χ0n) is 10.2. The lowest BCUT2D eigenvalue weighted by Gasteiger charge is -2.25. The maximum atomic E-state index is 12.0. The van der Waals surface area contributed by atoms with Crippen LogP contribution in [0.1, 0.15) is 31.7 Å². The predicted octanol–water partition coefficient (Wildman–Crippen LogP) is 1.30. The first kappa shape index (κ1) is 13.6. The van der Waals surface area contributed by atoms with Crippen molar-refractivity contribution >= 4 is 23.1 Å². The van der Waals surface area contributed by atoms with Gasteiger partial charge >= 0.3 is 0 Å². The van der Waals surface area contributed by atoms with E-state index in [0.717, 1.165) is 5.69 Å². The van der Waals surface area contributed by atoms with Crippen molar-refractivity contribution in [2.75, 3.05) is 0 Å². The van der Waals surface area contributed by atoms with Gasteiger partial charge in [0.2, 0.25) is 5.91 Å². The average molecular weight is 255 g/mol. The molecular weight excluding hydrogens is 238 g/mol. The predicted molar refractivity (Wildman–Crippen MR) is 68.3 cm³/mol. The molecule has 0 fully saturated rings. The van der Waals surface area contributed by atoms with Crippen LogP contribution in [0.3, 0.4) is 0 Å². The van der Waals surface area contributed by atoms with Gasteiger partial charge < -0.3 is 15.6 Å². The molecule has 1 aromatic heterocycles. The molecule has 0 spiro atoms. The van der Waals surface area contributed by atoms with E-state index in [1.54, 1.807) is 13.0 Å². The highest BCUT2D eigenvalue weighted by molar-refractivity contribution is 7.80. The first-order valence-corrected chi connectivity index (χ1v) is 5.81. The van der Waals surface area contributed by atoms with E-state index in [0.29, 0.717) is 12.2 Å². The molecule has 0 aliphatic heterocycles. The van der Waals surface area contributed by atoms with E-state index in [9.17, 15) is 4.79 Å². The van der Waals surface area contributed by atoms with Gasteiger partial charge in [-0.1, -0.05) is 24.3 Å². The number of carbonyl (C=O) groups excluding carboxylic acids is 1. The zero-order chi connectivity index (χ0) is 13.1. The highest BCUT2D eigenvalue weighted by Gasteiger charge is 2.34. The Kier molecular flexibility index (Phi) is 4.22. The maximum absolute atomic E-state index is 12.0. The molecule has 5 nitrogen and oxygen atoms in total. The van der Waals surface area contributed by atoms with Crippen LogP contribution in [0.5, 0.6) is 0 Å². The second-order valence-electron chi connectivity index (χ2n) is 4.17. The summed E-state index contributed by atoms with van der Waals surface area (Å²) in [6.45, 7) is 5.71. The number of hydrogen-bond acceptors (Lipinski definition) is 4. The second kappa shape index (κ2) is 5.27. The molecule has 0 aromatic carbocycles. The molecule has 3 N–H and O–H groups in total. The Hall–Kier alpha value is -1.43. The fraction of sp³-hybridized carbons (Fsp3) is 0.545. The van der Waals surface area contributed by atoms with Crippen LogP contribution < -0.4 is 11.1 Å². The Labute approximate surface area is 106 Å². The first-order valence-electron chi connectivity index (χ1n) is 5.40. The third kappa shape index (κ3) is 3.03. The number of nitrogens with zero attached hydrogens (tertiary/aromatic N) is 1. The Bertz CT molecular complexity index is 430. The van der Waals surface area contributed by atoms with Gasteiger partial charge in [0.15, 0.2) is 5.76 Å². The molecule has 1 aromatic rings. The number of aryl methyl sites for hydroxylation is 1. The van der Waals surface area contributed by atoms with Crippen LogP contribution in [0.25, 0.3) is 0 Å². The zero-order valence-corrected chi connectivity index (χ0v) is 11.1. The molecule has 6 heteroatoms. The number of nitrogens with one attached hydrogen (secondary N) is 1. The lowest BCUT2D eigenvalue weighted by molar-refractivity contribution is -0.127. The Balaban J connectivity index is 2.63. The van der Waals surface area contributed by atoms with E-state index < -0.39 is 5.41 Å². The SMILES string of the molecule is CCC(C)(C(=O)NCc1cc(C)no1)C(N)=S. The van der Waals surface area contributed by atoms with E-state index in [1.807, 2.05) is 13.8 Å². The molecule has 1 amide bonds. The van der Waals surface area contributed by atoms with Gasteiger partial charge in [-0.15, -0.1) is 0 Å². The molecule has 1 atom stereocenters. The van der Waals surface area contributed by atoms with Crippen molar-refractivity contribution in [3.05, 3.63) is 17.5 Å². The Morgan fingerprint density at radius 2 is 2.35 bits per heavy atom. The third-order valence-electron chi connectivity index (χ3n) is 2.85. The van der Waals surface area contributed by atoms with Crippen LogP contribution in [0.15, 0.2) is 10.6 Å². The summed E-state index contributed by atoms with van der Waals surface area (Å²) < 4.78 is 4.99. The number of amides is 1. The molecule has 0 aliphatic rings. The number of aromatic nitrogens is 1. The van der Waals surface area contributed by atoms with E-state index in [-0.39, 0.29) is 17.4 Å². The van der Waals surface area contributed by atoms with Crippen molar-refractivity contribution < 1.29 is 9.32 Å². The fourth-order valence-electron chi connectivity index (χ4n) is 1.31. The van der Waals surface area contributed by atoms with Gasteiger partial charge in [0.1, 0.15) is 0 Å². The van der Waals surface area contributed by atoms with Crippen LogP contribution >= 0.6 is 12.2 Å². The molecule has 1 unspecified atom stereocenters. The summed E-state index contributed by atoms with van der Waals surface area (Å²) >= 11 is 4.92. The van der Waals surface area contributed by atoms with E-state index in [1.165, 1.54) is 0 Å². The number of carbonyl (C=O) groups is 1. The monoisotopic (exact) mass is 255 g/mol. The number of thiocarbonyl (C=S) groups is 1. The van der Waals surface area contributed by atoms with Crippen molar-refractivity contribution in [1.29, 1.82) is 0 Å². The number of rotatable bonds is 5. The fourth-order valence-corrected chi connectivity index (χ4v) is 1.55. The Morgan fingerprint density at radius 1 is 1.71 bits per heavy atom. The summed E-state index contributed by atoms with van der Waals surface area (Å²) in [5, 5.41) is 6.48. The van der Waals surface area contributed by atoms with Gasteiger partial charge in [0.25, 0.3) is 0 Å². The molecule has 0 radical (unpaired) electrons. The quantitative estimate of drug-likeness (QED) is 0.775. The number of nitrogens with two attached hydrogens (primary N) is 1. The molecule has 1 heterocycles. The summed E-state index contributed by atoms with van der Waals surface area (Å²) in [7, 11) is 0. The number of hydrogen-bond donors (Lipinski definition) is 2. The van der Waals surface area contributed by atoms with Crippen LogP contribution in [-0.4, -0.2) is 16.1 Å². The molecule has 0 aliphatic carbocycles. The molecular formula is C11H17N3O2S. The van der Waals surface area contributed by atoms with Crippen LogP contribution in [0.2, 0.25) is 0 Å². The molecule has 0 saturated carbocycles. The largest absolute Gasteiger partial charge is 0.392 e. The first-order chi connectivity index (χ1) is 7.90. The van der Waals surface area contributed by atoms with Crippen molar-refractivity contribution in [2.24, 2.45) is 11.1 Å². The van der Waals surface area contributed by atoms with Crippen molar-refractivity contribution in [3.8, 4) is 0 Å². The van der Waals surface area contributed by atoms with Gasteiger partial charge in [-0.05, 0) is 20.3 Å². The smallest absolute Gasteiger partial charge is 0.233 e. The summed E-state index contributed by atoms with van der Waals surface area (Å²) in [4.78, 5) is 12.2. The van der Waals surface area contributed by atoms with Gasteiger partial charge in [0.05, 0.1) is 22.6 Å². The topological polar surface area (TPSA) is 81.2 Å². The van der Waals surface area contributed by atoms with Crippen molar-refractivity contribution in [3.63, 3.8) is 0 Å². The summed E-state index contributed by atoms with van der Waals surface area (Å²) in [5.41, 5.74) is 5.55. The van der Waals surface area contributed by atoms with Crippen LogP contribution in [-0.2, 0) is 11.3 Å². The molecule has 1 rings (SSSR count). The molecule has 17 heavy (non-hydrogen) atoms. The van der Waals surface area contributed by atoms with E-state index in [2.05, 4.69) is 10.5 Å². The molecule has 0 bridgehead atoms. The maximum Gasteiger partial charge on any atom is 0.233 e. The van der Waals surface area contributed by atoms with E-state index >= 15 is 0 Å². The lowest BCUT2D eigenvalue weighted by atomic mass is 9.86. The molecule has 94 valence electrons. The van der Waals surface area contributed by atoms with Crippen molar-refractivity contribution in [1.82, 2.24) is 10.5 Å². The minimum Gasteiger partial charge on any atom is -0.392 e. The highest BCUT2D eigenvalue weighted by atomic mass is 32.1. The summed E-state index contributed by atoms with van der Waals surface area (Å²) in [6.07, 6.45) is 0.559. The van der Waals surface area contributed by atoms with Crippen molar-refractivity contribution in [2.45, 2.75) is 33.7 Å². The van der Waals surface area contributed by atoms with Gasteiger partial charge in [0, 0.05) is 6.07 Å². The Morgan fingerprint density at radius 3 is 2.76 bits per heavy atom. The van der Waals surface area contributed by atoms with Crippen LogP contribution in [0, 0.1) is 12.3 Å². The second-order valence-corrected chi connectivity index (χ2v) is 4.61. The normalized spacial score (nSPS) is 14.1.